The minimum absolute atomic E-state index is 0.0233. The van der Waals surface area contributed by atoms with Crippen LogP contribution in [0.15, 0.2) is 95.9 Å². The molecule has 3 N–H and O–H groups in total. The van der Waals surface area contributed by atoms with Gasteiger partial charge in [-0.3, -0.25) is 53.5 Å². The quantitative estimate of drug-likeness (QED) is 0.0645. The Labute approximate surface area is 435 Å². The number of imide groups is 2. The van der Waals surface area contributed by atoms with Crippen molar-refractivity contribution in [3.05, 3.63) is 146 Å². The van der Waals surface area contributed by atoms with E-state index < -0.39 is 29.7 Å². The molecule has 0 radical (unpaired) electrons. The van der Waals surface area contributed by atoms with Crippen molar-refractivity contribution >= 4 is 52.6 Å². The molecule has 3 aliphatic rings. The lowest BCUT2D eigenvalue weighted by molar-refractivity contribution is -0.136. The third-order valence-electron chi connectivity index (χ3n) is 13.9. The average molecular weight is 1020 g/mol. The molecule has 18 heteroatoms. The van der Waals surface area contributed by atoms with Crippen LogP contribution < -0.4 is 21.5 Å². The van der Waals surface area contributed by atoms with Crippen LogP contribution in [0.5, 0.6) is 0 Å². The minimum Gasteiger partial charge on any atom is -0.379 e. The van der Waals surface area contributed by atoms with E-state index in [2.05, 4.69) is 41.6 Å². The lowest BCUT2D eigenvalue weighted by Gasteiger charge is -2.34. The summed E-state index contributed by atoms with van der Waals surface area (Å²) < 4.78 is 13.0. The highest BCUT2D eigenvalue weighted by atomic mass is 16.5. The molecule has 2 saturated heterocycles. The normalized spacial score (nSPS) is 16.0. The fourth-order valence-corrected chi connectivity index (χ4v) is 9.42. The predicted octanol–water partition coefficient (Wildman–Crippen LogP) is 5.55. The van der Waals surface area contributed by atoms with Gasteiger partial charge in [-0.2, -0.15) is 0 Å². The second-order valence-corrected chi connectivity index (χ2v) is 20.2. The monoisotopic (exact) mass is 1020 g/mol. The van der Waals surface area contributed by atoms with Gasteiger partial charge < -0.3 is 29.6 Å². The third kappa shape index (κ3) is 12.8. The molecular formula is C57H64N8O10. The maximum absolute atomic E-state index is 13.5. The predicted molar refractivity (Wildman–Crippen MR) is 282 cm³/mol. The van der Waals surface area contributed by atoms with E-state index >= 15 is 0 Å². The number of Topliss-reactive ketones (excluding diaryl/α,β-unsaturated/α-hetero) is 1. The summed E-state index contributed by atoms with van der Waals surface area (Å²) in [5, 5.41) is 8.21. The Morgan fingerprint density at radius 2 is 1.44 bits per heavy atom. The number of carbonyl (C=O) groups is 7. The van der Waals surface area contributed by atoms with Crippen LogP contribution >= 0.6 is 0 Å². The number of ketones is 1. The van der Waals surface area contributed by atoms with Gasteiger partial charge in [0.25, 0.3) is 29.2 Å². The van der Waals surface area contributed by atoms with Gasteiger partial charge in [0.15, 0.2) is 5.78 Å². The molecule has 5 aromatic rings. The van der Waals surface area contributed by atoms with Crippen molar-refractivity contribution in [2.24, 2.45) is 7.05 Å². The molecule has 1 aromatic heterocycles. The SMILES string of the molecule is Cc1c(NC(=O)c2ccc(C(C)(C)C)cc2)cccc1-c1cn(C)c(=O)c(Cc2ccc(C(=O)N3CCN(CCOCCOCCCC(=O)CNc4cccc5c4C(=O)N(C4CCC(=O)NC4=O)C5=O)CC3)cc2)n1. The molecule has 392 valence electrons. The van der Waals surface area contributed by atoms with Gasteiger partial charge in [-0.25, -0.2) is 4.98 Å². The van der Waals surface area contributed by atoms with E-state index in [4.69, 9.17) is 14.5 Å². The third-order valence-corrected chi connectivity index (χ3v) is 13.9. The Hall–Kier alpha value is -7.67. The fraction of sp³-hybridized carbons (Fsp3) is 0.386. The number of hydrogen-bond acceptors (Lipinski definition) is 13. The van der Waals surface area contributed by atoms with E-state index in [1.807, 2.05) is 66.4 Å². The topological polar surface area (TPSA) is 219 Å². The maximum Gasteiger partial charge on any atom is 0.272 e. The number of piperazine rings is 1. The average Bonchev–Trinajstić information content (AvgIpc) is 3.65. The van der Waals surface area contributed by atoms with Gasteiger partial charge in [-0.15, -0.1) is 0 Å². The van der Waals surface area contributed by atoms with E-state index in [9.17, 15) is 38.4 Å². The lowest BCUT2D eigenvalue weighted by Crippen LogP contribution is -2.54. The first-order valence-corrected chi connectivity index (χ1v) is 25.4. The maximum atomic E-state index is 13.5. The van der Waals surface area contributed by atoms with Crippen molar-refractivity contribution in [2.75, 3.05) is 76.3 Å². The number of benzene rings is 4. The summed E-state index contributed by atoms with van der Waals surface area (Å²) in [6.45, 7) is 13.2. The smallest absolute Gasteiger partial charge is 0.272 e. The van der Waals surface area contributed by atoms with E-state index in [-0.39, 0.29) is 71.9 Å². The van der Waals surface area contributed by atoms with Crippen LogP contribution in [-0.2, 0) is 42.7 Å². The van der Waals surface area contributed by atoms with Gasteiger partial charge in [-0.1, -0.05) is 63.2 Å². The summed E-state index contributed by atoms with van der Waals surface area (Å²) in [5.41, 5.74) is 6.67. The highest BCUT2D eigenvalue weighted by molar-refractivity contribution is 6.25. The highest BCUT2D eigenvalue weighted by Crippen LogP contribution is 2.33. The molecule has 4 heterocycles. The Morgan fingerprint density at radius 1 is 0.773 bits per heavy atom. The molecule has 8 rings (SSSR count). The van der Waals surface area contributed by atoms with Crippen molar-refractivity contribution < 1.29 is 43.0 Å². The van der Waals surface area contributed by atoms with Crippen molar-refractivity contribution in [1.29, 1.82) is 0 Å². The van der Waals surface area contributed by atoms with Gasteiger partial charge in [-0.05, 0) is 84.3 Å². The summed E-state index contributed by atoms with van der Waals surface area (Å²) in [4.78, 5) is 113. The molecule has 18 nitrogen and oxygen atoms in total. The Kier molecular flexibility index (Phi) is 16.9. The van der Waals surface area contributed by atoms with Crippen molar-refractivity contribution in [2.45, 2.75) is 71.3 Å². The molecule has 4 aromatic carbocycles. The molecule has 6 amide bonds. The van der Waals surface area contributed by atoms with Crippen LogP contribution in [0.3, 0.4) is 0 Å². The van der Waals surface area contributed by atoms with Crippen LogP contribution in [0, 0.1) is 6.92 Å². The Balaban J connectivity index is 0.713. The summed E-state index contributed by atoms with van der Waals surface area (Å²) in [7, 11) is 1.70. The minimum atomic E-state index is -1.08. The number of ether oxygens (including phenoxy) is 2. The van der Waals surface area contributed by atoms with E-state index in [0.717, 1.165) is 27.2 Å². The van der Waals surface area contributed by atoms with Crippen LogP contribution in [0.1, 0.15) is 110 Å². The van der Waals surface area contributed by atoms with Gasteiger partial charge >= 0.3 is 0 Å². The summed E-state index contributed by atoms with van der Waals surface area (Å²) in [6.07, 6.45) is 2.78. The van der Waals surface area contributed by atoms with E-state index in [0.29, 0.717) is 99.5 Å². The second-order valence-electron chi connectivity index (χ2n) is 20.2. The first-order valence-electron chi connectivity index (χ1n) is 25.4. The van der Waals surface area contributed by atoms with Crippen LogP contribution in [0.2, 0.25) is 0 Å². The standard InChI is InChI=1S/C57H64N8O10/c1-36-42(10-6-12-44(36)60-51(68)38-18-20-40(21-19-38)57(2,3)4)47-35-62(5)55(72)46(59-47)33-37-14-16-39(17-15-37)53(70)64-26-24-63(25-27-64)28-30-75-32-31-74-29-8-9-41(66)34-58-45-13-7-11-43-50(45)56(73)65(54(43)71)48-22-23-49(67)61-52(48)69/h6-7,10-21,35,48,58H,8-9,22-34H2,1-5H3,(H,60,68)(H,61,67,69). The van der Waals surface area contributed by atoms with Gasteiger partial charge in [0.05, 0.1) is 43.2 Å². The Bertz CT molecular complexity index is 3050. The van der Waals surface area contributed by atoms with E-state index in [1.54, 1.807) is 37.5 Å². The van der Waals surface area contributed by atoms with Crippen LogP contribution in [0.25, 0.3) is 11.3 Å². The lowest BCUT2D eigenvalue weighted by atomic mass is 9.86. The first kappa shape index (κ1) is 53.6. The molecule has 0 saturated carbocycles. The summed E-state index contributed by atoms with van der Waals surface area (Å²) >= 11 is 0. The van der Waals surface area contributed by atoms with Gasteiger partial charge in [0.1, 0.15) is 11.7 Å². The van der Waals surface area contributed by atoms with Crippen LogP contribution in [0.4, 0.5) is 11.4 Å². The number of nitrogens with zero attached hydrogens (tertiary/aromatic N) is 5. The molecular weight excluding hydrogens is 957 g/mol. The number of aryl methyl sites for hydroxylation is 1. The zero-order valence-corrected chi connectivity index (χ0v) is 43.2. The number of fused-ring (bicyclic) bond motifs is 1. The van der Waals surface area contributed by atoms with Crippen LogP contribution in [-0.4, -0.2) is 137 Å². The molecule has 0 bridgehead atoms. The molecule has 1 unspecified atom stereocenters. The van der Waals surface area contributed by atoms with Crippen molar-refractivity contribution in [3.8, 4) is 11.3 Å². The van der Waals surface area contributed by atoms with Crippen molar-refractivity contribution in [1.82, 2.24) is 29.6 Å². The molecule has 0 aliphatic carbocycles. The number of aromatic nitrogens is 2. The number of nitrogens with one attached hydrogen (secondary N) is 3. The molecule has 75 heavy (non-hydrogen) atoms. The molecule has 1 atom stereocenters. The number of hydrogen-bond donors (Lipinski definition) is 3. The van der Waals surface area contributed by atoms with Crippen molar-refractivity contribution in [3.63, 3.8) is 0 Å². The van der Waals surface area contributed by atoms with Gasteiger partial charge in [0, 0.05) is 99.9 Å². The van der Waals surface area contributed by atoms with E-state index in [1.165, 1.54) is 10.6 Å². The number of piperidine rings is 1. The largest absolute Gasteiger partial charge is 0.379 e. The summed E-state index contributed by atoms with van der Waals surface area (Å²) in [6, 6.07) is 24.2. The number of amides is 6. The number of carbonyl (C=O) groups excluding carboxylic acids is 7. The number of anilines is 2. The zero-order valence-electron chi connectivity index (χ0n) is 43.2. The first-order chi connectivity index (χ1) is 36.0. The summed E-state index contributed by atoms with van der Waals surface area (Å²) in [5.74, 6) is -2.77. The Morgan fingerprint density at radius 3 is 2.13 bits per heavy atom. The zero-order chi connectivity index (χ0) is 53.4. The fourth-order valence-electron chi connectivity index (χ4n) is 9.42. The highest BCUT2D eigenvalue weighted by Gasteiger charge is 2.45. The molecule has 3 aliphatic heterocycles. The molecule has 2 fully saturated rings. The second kappa shape index (κ2) is 23.7. The number of rotatable bonds is 20. The molecule has 0 spiro atoms. The van der Waals surface area contributed by atoms with Gasteiger partial charge in [0.2, 0.25) is 11.8 Å².